The second-order valence-corrected chi connectivity index (χ2v) is 9.87. The lowest BCUT2D eigenvalue weighted by Gasteiger charge is -2.12. The number of benzene rings is 1. The van der Waals surface area contributed by atoms with Crippen LogP contribution in [0.4, 0.5) is 10.7 Å². The summed E-state index contributed by atoms with van der Waals surface area (Å²) in [6, 6.07) is 7.49. The number of thioether (sulfide) groups is 1. The SMILES string of the molecule is CCOC(=O)c1c(NC(=O)CSc2nnc(CNc3ccc(OC)cc3)n2N)sc2c1CCCC2. The summed E-state index contributed by atoms with van der Waals surface area (Å²) in [5, 5.41) is 15.3. The molecule has 0 radical (unpaired) electrons. The molecular weight excluding hydrogens is 488 g/mol. The summed E-state index contributed by atoms with van der Waals surface area (Å²) >= 11 is 2.64. The first-order chi connectivity index (χ1) is 17.0. The molecule has 0 aliphatic heterocycles. The van der Waals surface area contributed by atoms with Crippen LogP contribution in [0.15, 0.2) is 29.4 Å². The Balaban J connectivity index is 1.36. The molecule has 35 heavy (non-hydrogen) atoms. The standard InChI is InChI=1S/C23H28N6O4S2/c1-3-33-22(31)20-16-6-4-5-7-17(16)35-21(20)26-19(30)13-34-23-28-27-18(29(23)24)12-25-14-8-10-15(32-2)11-9-14/h8-11,25H,3-7,12-13,24H2,1-2H3,(H,26,30). The van der Waals surface area contributed by atoms with Gasteiger partial charge in [-0.05, 0) is 62.4 Å². The van der Waals surface area contributed by atoms with Crippen molar-refractivity contribution in [3.05, 3.63) is 46.1 Å². The highest BCUT2D eigenvalue weighted by atomic mass is 32.2. The van der Waals surface area contributed by atoms with E-state index in [4.69, 9.17) is 15.3 Å². The van der Waals surface area contributed by atoms with Crippen LogP contribution in [-0.2, 0) is 28.9 Å². The zero-order valence-corrected chi connectivity index (χ0v) is 21.3. The number of methoxy groups -OCH3 is 1. The first kappa shape index (κ1) is 24.9. The predicted octanol–water partition coefficient (Wildman–Crippen LogP) is 3.46. The number of aryl methyl sites for hydroxylation is 1. The van der Waals surface area contributed by atoms with Crippen LogP contribution in [-0.4, -0.2) is 46.2 Å². The molecule has 0 atom stereocenters. The molecule has 3 aromatic rings. The summed E-state index contributed by atoms with van der Waals surface area (Å²) in [4.78, 5) is 26.4. The average Bonchev–Trinajstić information content (AvgIpc) is 3.41. The van der Waals surface area contributed by atoms with Gasteiger partial charge in [-0.3, -0.25) is 4.79 Å². The third kappa shape index (κ3) is 5.88. The molecule has 1 aliphatic rings. The number of anilines is 2. The van der Waals surface area contributed by atoms with Gasteiger partial charge >= 0.3 is 5.97 Å². The lowest BCUT2D eigenvalue weighted by atomic mass is 9.95. The minimum atomic E-state index is -0.384. The number of carbonyl (C=O) groups is 2. The van der Waals surface area contributed by atoms with Gasteiger partial charge in [0.05, 0.1) is 31.6 Å². The number of rotatable bonds is 10. The molecule has 0 saturated heterocycles. The van der Waals surface area contributed by atoms with Gasteiger partial charge in [-0.25, -0.2) is 9.47 Å². The number of thiophene rings is 1. The number of nitrogens with zero attached hydrogens (tertiary/aromatic N) is 3. The third-order valence-electron chi connectivity index (χ3n) is 5.51. The van der Waals surface area contributed by atoms with Crippen LogP contribution in [0, 0.1) is 0 Å². The normalized spacial score (nSPS) is 12.6. The maximum atomic E-state index is 12.7. The van der Waals surface area contributed by atoms with E-state index in [2.05, 4.69) is 20.8 Å². The van der Waals surface area contributed by atoms with E-state index in [1.165, 1.54) is 27.8 Å². The van der Waals surface area contributed by atoms with Gasteiger partial charge in [-0.2, -0.15) is 0 Å². The average molecular weight is 517 g/mol. The Hall–Kier alpha value is -3.25. The number of nitrogens with two attached hydrogens (primary N) is 1. The number of ether oxygens (including phenoxy) is 2. The molecule has 4 rings (SSSR count). The second-order valence-electron chi connectivity index (χ2n) is 7.82. The van der Waals surface area contributed by atoms with Gasteiger partial charge in [0, 0.05) is 10.6 Å². The Labute approximate surface area is 211 Å². The quantitative estimate of drug-likeness (QED) is 0.210. The third-order valence-corrected chi connectivity index (χ3v) is 7.66. The van der Waals surface area contributed by atoms with Crippen molar-refractivity contribution in [3.8, 4) is 5.75 Å². The van der Waals surface area contributed by atoms with Crippen molar-refractivity contribution in [3.63, 3.8) is 0 Å². The first-order valence-corrected chi connectivity index (χ1v) is 13.1. The minimum Gasteiger partial charge on any atom is -0.497 e. The zero-order valence-electron chi connectivity index (χ0n) is 19.6. The molecule has 0 spiro atoms. The molecule has 0 fully saturated rings. The van der Waals surface area contributed by atoms with Gasteiger partial charge in [0.1, 0.15) is 10.8 Å². The molecule has 1 aliphatic carbocycles. The summed E-state index contributed by atoms with van der Waals surface area (Å²) in [6.45, 7) is 2.43. The Kier molecular flexibility index (Phi) is 8.13. The van der Waals surface area contributed by atoms with Crippen molar-refractivity contribution in [2.45, 2.75) is 44.3 Å². The lowest BCUT2D eigenvalue weighted by molar-refractivity contribution is -0.113. The molecular formula is C23H28N6O4S2. The van der Waals surface area contributed by atoms with Gasteiger partial charge < -0.3 is 25.9 Å². The Morgan fingerprint density at radius 3 is 2.71 bits per heavy atom. The van der Waals surface area contributed by atoms with Crippen molar-refractivity contribution in [2.24, 2.45) is 0 Å². The van der Waals surface area contributed by atoms with Crippen molar-refractivity contribution in [1.82, 2.24) is 14.9 Å². The number of carbonyl (C=O) groups excluding carboxylic acids is 2. The predicted molar refractivity (Wildman–Crippen MR) is 137 cm³/mol. The van der Waals surface area contributed by atoms with Crippen molar-refractivity contribution < 1.29 is 19.1 Å². The van der Waals surface area contributed by atoms with E-state index in [0.717, 1.165) is 47.6 Å². The van der Waals surface area contributed by atoms with Gasteiger partial charge in [-0.1, -0.05) is 11.8 Å². The van der Waals surface area contributed by atoms with Crippen LogP contribution in [0.1, 0.15) is 46.4 Å². The second kappa shape index (κ2) is 11.5. The van der Waals surface area contributed by atoms with E-state index >= 15 is 0 Å². The fourth-order valence-corrected chi connectivity index (χ4v) is 5.75. The Morgan fingerprint density at radius 1 is 1.20 bits per heavy atom. The zero-order chi connectivity index (χ0) is 24.8. The fourth-order valence-electron chi connectivity index (χ4n) is 3.78. The smallest absolute Gasteiger partial charge is 0.341 e. The molecule has 12 heteroatoms. The van der Waals surface area contributed by atoms with E-state index in [1.807, 2.05) is 24.3 Å². The number of amides is 1. The van der Waals surface area contributed by atoms with Crippen LogP contribution in [0.3, 0.4) is 0 Å². The first-order valence-electron chi connectivity index (χ1n) is 11.3. The molecule has 10 nitrogen and oxygen atoms in total. The summed E-state index contributed by atoms with van der Waals surface area (Å²) in [7, 11) is 1.62. The lowest BCUT2D eigenvalue weighted by Crippen LogP contribution is -2.19. The summed E-state index contributed by atoms with van der Waals surface area (Å²) in [6.07, 6.45) is 3.86. The van der Waals surface area contributed by atoms with Crippen molar-refractivity contribution in [1.29, 1.82) is 0 Å². The van der Waals surface area contributed by atoms with E-state index in [1.54, 1.807) is 14.0 Å². The van der Waals surface area contributed by atoms with Gasteiger partial charge in [-0.15, -0.1) is 21.5 Å². The fraction of sp³-hybridized carbons (Fsp3) is 0.391. The number of fused-ring (bicyclic) bond motifs is 1. The van der Waals surface area contributed by atoms with E-state index in [0.29, 0.717) is 28.1 Å². The summed E-state index contributed by atoms with van der Waals surface area (Å²) in [5.74, 6) is 6.87. The number of hydrogen-bond acceptors (Lipinski definition) is 10. The highest BCUT2D eigenvalue weighted by Gasteiger charge is 2.27. The van der Waals surface area contributed by atoms with E-state index < -0.39 is 0 Å². The minimum absolute atomic E-state index is 0.0755. The van der Waals surface area contributed by atoms with Crippen LogP contribution < -0.4 is 21.2 Å². The van der Waals surface area contributed by atoms with Crippen LogP contribution in [0.25, 0.3) is 0 Å². The molecule has 186 valence electrons. The number of nitrogens with one attached hydrogen (secondary N) is 2. The topological polar surface area (TPSA) is 133 Å². The molecule has 0 saturated carbocycles. The molecule has 2 heterocycles. The summed E-state index contributed by atoms with van der Waals surface area (Å²) in [5.41, 5.74) is 2.40. The van der Waals surface area contributed by atoms with Crippen molar-refractivity contribution >= 4 is 45.7 Å². The number of nitrogen functional groups attached to an aromatic ring is 1. The largest absolute Gasteiger partial charge is 0.497 e. The summed E-state index contributed by atoms with van der Waals surface area (Å²) < 4.78 is 11.8. The molecule has 4 N–H and O–H groups in total. The maximum Gasteiger partial charge on any atom is 0.341 e. The molecule has 2 aromatic heterocycles. The van der Waals surface area contributed by atoms with Crippen LogP contribution >= 0.6 is 23.1 Å². The molecule has 0 bridgehead atoms. The monoisotopic (exact) mass is 516 g/mol. The van der Waals surface area contributed by atoms with Gasteiger partial charge in [0.25, 0.3) is 0 Å². The molecule has 1 amide bonds. The molecule has 1 aromatic carbocycles. The van der Waals surface area contributed by atoms with Gasteiger partial charge in [0.15, 0.2) is 5.82 Å². The highest BCUT2D eigenvalue weighted by Crippen LogP contribution is 2.38. The maximum absolute atomic E-state index is 12.7. The highest BCUT2D eigenvalue weighted by molar-refractivity contribution is 7.99. The van der Waals surface area contributed by atoms with Crippen LogP contribution in [0.2, 0.25) is 0 Å². The molecule has 0 unspecified atom stereocenters. The van der Waals surface area contributed by atoms with E-state index in [9.17, 15) is 9.59 Å². The Bertz CT molecular complexity index is 1190. The van der Waals surface area contributed by atoms with E-state index in [-0.39, 0.29) is 24.2 Å². The number of esters is 1. The number of hydrogen-bond donors (Lipinski definition) is 3. The van der Waals surface area contributed by atoms with Crippen molar-refractivity contribution in [2.75, 3.05) is 35.9 Å². The van der Waals surface area contributed by atoms with Gasteiger partial charge in [0.2, 0.25) is 11.1 Å². The Morgan fingerprint density at radius 2 is 1.97 bits per heavy atom. The number of aromatic nitrogens is 3. The van der Waals surface area contributed by atoms with Crippen LogP contribution in [0.5, 0.6) is 5.75 Å².